The van der Waals surface area contributed by atoms with Gasteiger partial charge in [0, 0.05) is 0 Å². The molecule has 1 amide bonds. The number of ether oxygens (including phenoxy) is 1. The Balaban J connectivity index is 2.91. The quantitative estimate of drug-likeness (QED) is 0.642. The molecule has 0 saturated carbocycles. The number of rotatable bonds is 5. The second-order valence-corrected chi connectivity index (χ2v) is 5.66. The van der Waals surface area contributed by atoms with E-state index in [9.17, 15) is 9.59 Å². The molecule has 0 spiro atoms. The molecular weight excluding hydrogens is 284 g/mol. The number of anilines is 1. The molecule has 1 aromatic heterocycles. The van der Waals surface area contributed by atoms with Crippen LogP contribution in [0.2, 0.25) is 0 Å². The number of hydrogen-bond acceptors (Lipinski definition) is 5. The number of methoxy groups -OCH3 is 1. The van der Waals surface area contributed by atoms with Gasteiger partial charge in [-0.25, -0.2) is 4.79 Å². The maximum Gasteiger partial charge on any atom is 0.350 e. The summed E-state index contributed by atoms with van der Waals surface area (Å²) in [4.78, 5) is 24.1. The molecule has 1 atom stereocenters. The minimum Gasteiger partial charge on any atom is -0.465 e. The molecule has 104 valence electrons. The van der Waals surface area contributed by atoms with Gasteiger partial charge >= 0.3 is 5.97 Å². The number of nitrogens with one attached hydrogen (secondary N) is 1. The lowest BCUT2D eigenvalue weighted by molar-refractivity contribution is -0.118. The molecule has 0 fully saturated rings. The van der Waals surface area contributed by atoms with Crippen LogP contribution in [0.15, 0.2) is 11.4 Å². The molecule has 3 N–H and O–H groups in total. The van der Waals surface area contributed by atoms with Crippen LogP contribution in [0.4, 0.5) is 5.69 Å². The van der Waals surface area contributed by atoms with Gasteiger partial charge in [0.25, 0.3) is 0 Å². The average molecular weight is 300 g/mol. The van der Waals surface area contributed by atoms with Crippen LogP contribution < -0.4 is 11.1 Å². The first-order valence-electron chi connectivity index (χ1n) is 5.64. The van der Waals surface area contributed by atoms with Crippen molar-refractivity contribution in [2.75, 3.05) is 12.4 Å². The van der Waals surface area contributed by atoms with Crippen LogP contribution in [-0.4, -0.2) is 24.0 Å². The molecule has 0 aliphatic rings. The highest BCUT2D eigenvalue weighted by atomic mass is 32.1. The molecule has 1 unspecified atom stereocenters. The van der Waals surface area contributed by atoms with Crippen molar-refractivity contribution in [2.24, 2.45) is 17.6 Å². The highest BCUT2D eigenvalue weighted by molar-refractivity contribution is 7.80. The van der Waals surface area contributed by atoms with Crippen LogP contribution in [-0.2, 0) is 9.53 Å². The van der Waals surface area contributed by atoms with Crippen molar-refractivity contribution in [3.05, 3.63) is 16.3 Å². The van der Waals surface area contributed by atoms with Crippen molar-refractivity contribution in [3.63, 3.8) is 0 Å². The van der Waals surface area contributed by atoms with Gasteiger partial charge in [0.05, 0.1) is 23.7 Å². The number of thiophene rings is 1. The SMILES string of the molecule is COC(=O)c1sccc1NC(=O)C(C(N)=S)C(C)C. The van der Waals surface area contributed by atoms with Crippen LogP contribution in [0.1, 0.15) is 23.5 Å². The van der Waals surface area contributed by atoms with E-state index in [1.54, 1.807) is 11.4 Å². The zero-order valence-corrected chi connectivity index (χ0v) is 12.6. The molecule has 0 bridgehead atoms. The fourth-order valence-electron chi connectivity index (χ4n) is 1.63. The molecule has 1 aromatic rings. The molecule has 0 aliphatic heterocycles. The Hall–Kier alpha value is -1.47. The minimum absolute atomic E-state index is 0.0160. The third-order valence-corrected chi connectivity index (χ3v) is 3.70. The predicted octanol–water partition coefficient (Wildman–Crippen LogP) is 2.03. The van der Waals surface area contributed by atoms with Crippen molar-refractivity contribution in [2.45, 2.75) is 13.8 Å². The number of carbonyl (C=O) groups excluding carboxylic acids is 2. The Kier molecular flexibility index (Phi) is 5.44. The largest absolute Gasteiger partial charge is 0.465 e. The van der Waals surface area contributed by atoms with E-state index in [1.807, 2.05) is 13.8 Å². The van der Waals surface area contributed by atoms with E-state index in [0.717, 1.165) is 0 Å². The zero-order chi connectivity index (χ0) is 14.6. The molecule has 0 radical (unpaired) electrons. The standard InChI is InChI=1S/C12H16N2O3S2/c1-6(2)8(10(13)18)11(15)14-7-4-5-19-9(7)12(16)17-3/h4-6,8H,1-3H3,(H2,13,18)(H,14,15). The molecule has 7 heteroatoms. The van der Waals surface area contributed by atoms with E-state index in [4.69, 9.17) is 18.0 Å². The lowest BCUT2D eigenvalue weighted by Crippen LogP contribution is -2.36. The Morgan fingerprint density at radius 2 is 2.11 bits per heavy atom. The zero-order valence-electron chi connectivity index (χ0n) is 10.9. The molecule has 0 saturated heterocycles. The summed E-state index contributed by atoms with van der Waals surface area (Å²) in [6.45, 7) is 3.72. The lowest BCUT2D eigenvalue weighted by atomic mass is 9.95. The van der Waals surface area contributed by atoms with Gasteiger partial charge in [-0.05, 0) is 17.4 Å². The number of nitrogens with two attached hydrogens (primary N) is 1. The molecule has 0 aromatic carbocycles. The summed E-state index contributed by atoms with van der Waals surface area (Å²) in [5.74, 6) is -1.38. The van der Waals surface area contributed by atoms with Crippen molar-refractivity contribution in [3.8, 4) is 0 Å². The second-order valence-electron chi connectivity index (χ2n) is 4.27. The van der Waals surface area contributed by atoms with Gasteiger partial charge in [-0.2, -0.15) is 0 Å². The second kappa shape index (κ2) is 6.63. The van der Waals surface area contributed by atoms with Gasteiger partial charge in [-0.15, -0.1) is 11.3 Å². The average Bonchev–Trinajstić information content (AvgIpc) is 2.74. The summed E-state index contributed by atoms with van der Waals surface area (Å²) in [7, 11) is 1.29. The molecular formula is C12H16N2O3S2. The third kappa shape index (κ3) is 3.74. The third-order valence-electron chi connectivity index (χ3n) is 2.55. The van der Waals surface area contributed by atoms with Crippen LogP contribution in [0, 0.1) is 11.8 Å². The summed E-state index contributed by atoms with van der Waals surface area (Å²) in [5.41, 5.74) is 5.99. The topological polar surface area (TPSA) is 81.4 Å². The van der Waals surface area contributed by atoms with E-state index in [0.29, 0.717) is 10.6 Å². The van der Waals surface area contributed by atoms with Crippen molar-refractivity contribution in [1.82, 2.24) is 0 Å². The van der Waals surface area contributed by atoms with Gasteiger partial charge < -0.3 is 15.8 Å². The van der Waals surface area contributed by atoms with Crippen LogP contribution >= 0.6 is 23.6 Å². The number of carbonyl (C=O) groups is 2. The van der Waals surface area contributed by atoms with Crippen molar-refractivity contribution >= 4 is 46.1 Å². The summed E-state index contributed by atoms with van der Waals surface area (Å²) < 4.78 is 4.64. The Morgan fingerprint density at radius 1 is 1.47 bits per heavy atom. The highest BCUT2D eigenvalue weighted by Gasteiger charge is 2.26. The highest BCUT2D eigenvalue weighted by Crippen LogP contribution is 2.24. The normalized spacial score (nSPS) is 12.0. The molecule has 5 nitrogen and oxygen atoms in total. The summed E-state index contributed by atoms with van der Waals surface area (Å²) in [6.07, 6.45) is 0. The molecule has 19 heavy (non-hydrogen) atoms. The first-order chi connectivity index (χ1) is 8.88. The number of hydrogen-bond donors (Lipinski definition) is 2. The van der Waals surface area contributed by atoms with Crippen molar-refractivity contribution in [1.29, 1.82) is 0 Å². The molecule has 0 aliphatic carbocycles. The van der Waals surface area contributed by atoms with Crippen LogP contribution in [0.5, 0.6) is 0 Å². The van der Waals surface area contributed by atoms with E-state index in [1.165, 1.54) is 18.4 Å². The monoisotopic (exact) mass is 300 g/mol. The Morgan fingerprint density at radius 3 is 2.58 bits per heavy atom. The van der Waals surface area contributed by atoms with Crippen LogP contribution in [0.25, 0.3) is 0 Å². The summed E-state index contributed by atoms with van der Waals surface area (Å²) in [6, 6.07) is 1.64. The first kappa shape index (κ1) is 15.6. The maximum absolute atomic E-state index is 12.1. The lowest BCUT2D eigenvalue weighted by Gasteiger charge is -2.18. The fraction of sp³-hybridized carbons (Fsp3) is 0.417. The first-order valence-corrected chi connectivity index (χ1v) is 6.93. The fourth-order valence-corrected chi connectivity index (χ4v) is 2.77. The summed E-state index contributed by atoms with van der Waals surface area (Å²) in [5, 5.41) is 4.37. The van der Waals surface area contributed by atoms with Gasteiger partial charge in [-0.3, -0.25) is 4.79 Å². The minimum atomic E-state index is -0.569. The van der Waals surface area contributed by atoms with E-state index in [-0.39, 0.29) is 16.8 Å². The van der Waals surface area contributed by atoms with Gasteiger partial charge in [0.15, 0.2) is 0 Å². The summed E-state index contributed by atoms with van der Waals surface area (Å²) >= 11 is 6.10. The van der Waals surface area contributed by atoms with E-state index in [2.05, 4.69) is 10.1 Å². The number of amides is 1. The predicted molar refractivity (Wildman–Crippen MR) is 79.4 cm³/mol. The van der Waals surface area contributed by atoms with Crippen molar-refractivity contribution < 1.29 is 14.3 Å². The van der Waals surface area contributed by atoms with Gasteiger partial charge in [0.1, 0.15) is 4.88 Å². The van der Waals surface area contributed by atoms with E-state index >= 15 is 0 Å². The van der Waals surface area contributed by atoms with Gasteiger partial charge in [0.2, 0.25) is 5.91 Å². The number of thiocarbonyl (C=S) groups is 1. The Bertz CT molecular complexity index is 497. The smallest absolute Gasteiger partial charge is 0.350 e. The molecule has 1 heterocycles. The van der Waals surface area contributed by atoms with Crippen LogP contribution in [0.3, 0.4) is 0 Å². The number of esters is 1. The molecule has 1 rings (SSSR count). The maximum atomic E-state index is 12.1. The Labute approximate surface area is 121 Å². The van der Waals surface area contributed by atoms with E-state index < -0.39 is 11.9 Å². The van der Waals surface area contributed by atoms with Gasteiger partial charge in [-0.1, -0.05) is 26.1 Å².